The van der Waals surface area contributed by atoms with E-state index in [1.165, 1.54) is 5.06 Å². The quantitative estimate of drug-likeness (QED) is 0.510. The Hall–Kier alpha value is -1.79. The maximum Gasteiger partial charge on any atom is 0.345 e. The number of hydrogen-bond acceptors (Lipinski definition) is 4. The van der Waals surface area contributed by atoms with Gasteiger partial charge in [0, 0.05) is 13.0 Å². The maximum atomic E-state index is 12.8. The van der Waals surface area contributed by atoms with Crippen molar-refractivity contribution >= 4 is 22.8 Å². The minimum Gasteiger partial charge on any atom is -0.410 e. The van der Waals surface area contributed by atoms with Crippen molar-refractivity contribution in [1.29, 1.82) is 0 Å². The Morgan fingerprint density at radius 3 is 2.70 bits per heavy atom. The summed E-state index contributed by atoms with van der Waals surface area (Å²) in [6, 6.07) is 9.13. The Labute approximate surface area is 140 Å². The lowest BCUT2D eigenvalue weighted by molar-refractivity contribution is -0.185. The van der Waals surface area contributed by atoms with Crippen molar-refractivity contribution in [2.45, 2.75) is 44.4 Å². The van der Waals surface area contributed by atoms with Crippen LogP contribution in [0.3, 0.4) is 0 Å². The minimum atomic E-state index is -0.391. The van der Waals surface area contributed by atoms with Gasteiger partial charge in [-0.05, 0) is 25.3 Å². The highest BCUT2D eigenvalue weighted by Crippen LogP contribution is 2.50. The molecule has 1 aliphatic heterocycles. The second kappa shape index (κ2) is 6.37. The first kappa shape index (κ1) is 16.1. The van der Waals surface area contributed by atoms with E-state index in [4.69, 9.17) is 21.6 Å². The molecular formula is C16H20ClN3O3. The van der Waals surface area contributed by atoms with Crippen LogP contribution in [-0.2, 0) is 11.4 Å². The number of benzene rings is 1. The highest BCUT2D eigenvalue weighted by Gasteiger charge is 2.58. The average molecular weight is 338 g/mol. The molecule has 1 spiro atoms. The maximum absolute atomic E-state index is 12.8. The third-order valence-electron chi connectivity index (χ3n) is 4.54. The molecule has 0 bridgehead atoms. The van der Waals surface area contributed by atoms with E-state index in [1.807, 2.05) is 37.3 Å². The van der Waals surface area contributed by atoms with Gasteiger partial charge in [-0.15, -0.1) is 0 Å². The molecule has 2 fully saturated rings. The number of oxime groups is 1. The van der Waals surface area contributed by atoms with Crippen LogP contribution in [0.4, 0.5) is 4.79 Å². The zero-order valence-electron chi connectivity index (χ0n) is 13.0. The van der Waals surface area contributed by atoms with E-state index < -0.39 is 6.04 Å². The average Bonchev–Trinajstić information content (AvgIpc) is 3.34. The smallest absolute Gasteiger partial charge is 0.345 e. The van der Waals surface area contributed by atoms with E-state index in [9.17, 15) is 4.79 Å². The first-order valence-electron chi connectivity index (χ1n) is 7.76. The van der Waals surface area contributed by atoms with E-state index in [2.05, 4.69) is 5.16 Å². The van der Waals surface area contributed by atoms with Gasteiger partial charge in [0.15, 0.2) is 5.17 Å². The van der Waals surface area contributed by atoms with Crippen LogP contribution in [0.1, 0.15) is 31.7 Å². The van der Waals surface area contributed by atoms with Gasteiger partial charge >= 0.3 is 6.03 Å². The van der Waals surface area contributed by atoms with Crippen LogP contribution >= 0.6 is 11.6 Å². The fourth-order valence-electron chi connectivity index (χ4n) is 3.10. The molecule has 2 amide bonds. The van der Waals surface area contributed by atoms with Gasteiger partial charge in [-0.3, -0.25) is 4.84 Å². The molecule has 0 aromatic heterocycles. The van der Waals surface area contributed by atoms with Gasteiger partial charge < -0.3 is 10.1 Å². The summed E-state index contributed by atoms with van der Waals surface area (Å²) < 4.78 is 0. The number of hydroxylamine groups is 2. The lowest BCUT2D eigenvalue weighted by Crippen LogP contribution is -2.61. The van der Waals surface area contributed by atoms with Crippen LogP contribution < -0.4 is 0 Å². The van der Waals surface area contributed by atoms with Crippen molar-refractivity contribution in [3.63, 3.8) is 0 Å². The fraction of sp³-hybridized carbons (Fsp3) is 0.500. The molecule has 124 valence electrons. The molecular weight excluding hydrogens is 318 g/mol. The van der Waals surface area contributed by atoms with Crippen molar-refractivity contribution in [2.75, 3.05) is 6.54 Å². The number of amides is 2. The van der Waals surface area contributed by atoms with Crippen molar-refractivity contribution in [3.8, 4) is 0 Å². The third-order valence-corrected chi connectivity index (χ3v) is 4.87. The van der Waals surface area contributed by atoms with Gasteiger partial charge in [0.05, 0.1) is 11.6 Å². The number of urea groups is 1. The Balaban J connectivity index is 1.77. The molecule has 1 saturated heterocycles. The largest absolute Gasteiger partial charge is 0.410 e. The number of nitrogens with zero attached hydrogens (tertiary/aromatic N) is 3. The van der Waals surface area contributed by atoms with E-state index in [-0.39, 0.29) is 16.7 Å². The van der Waals surface area contributed by atoms with Gasteiger partial charge in [-0.25, -0.2) is 4.79 Å². The van der Waals surface area contributed by atoms with Gasteiger partial charge in [0.1, 0.15) is 6.61 Å². The Bertz CT molecular complexity index is 604. The molecule has 1 saturated carbocycles. The molecule has 0 unspecified atom stereocenters. The van der Waals surface area contributed by atoms with Crippen LogP contribution in [-0.4, -0.2) is 44.5 Å². The summed E-state index contributed by atoms with van der Waals surface area (Å²) in [5.41, 5.74) is 0.684. The first-order valence-corrected chi connectivity index (χ1v) is 8.14. The Morgan fingerprint density at radius 2 is 2.13 bits per heavy atom. The number of halogens is 1. The van der Waals surface area contributed by atoms with Gasteiger partial charge in [-0.1, -0.05) is 47.1 Å². The number of hydrogen-bond donors (Lipinski definition) is 1. The zero-order valence-corrected chi connectivity index (χ0v) is 13.7. The summed E-state index contributed by atoms with van der Waals surface area (Å²) in [5, 5.41) is 13.6. The van der Waals surface area contributed by atoms with Crippen LogP contribution in [0.2, 0.25) is 0 Å². The third kappa shape index (κ3) is 3.01. The highest BCUT2D eigenvalue weighted by molar-refractivity contribution is 6.66. The predicted molar refractivity (Wildman–Crippen MR) is 86.3 cm³/mol. The highest BCUT2D eigenvalue weighted by atomic mass is 35.5. The normalized spacial score (nSPS) is 23.5. The van der Waals surface area contributed by atoms with E-state index in [0.29, 0.717) is 19.6 Å². The summed E-state index contributed by atoms with van der Waals surface area (Å²) in [6.07, 6.45) is 2.36. The summed E-state index contributed by atoms with van der Waals surface area (Å²) in [7, 11) is 0. The van der Waals surface area contributed by atoms with Crippen molar-refractivity contribution in [2.24, 2.45) is 5.16 Å². The standard InChI is InChI=1S/C16H20ClN3O3/c1-2-19-13(14(17)18-22)10-16(8-9-16)20(15(19)21)23-11-12-6-4-3-5-7-12/h3-7,13,22H,2,8-11H2,1H3/b18-14-/t13-/m0/s1. The van der Waals surface area contributed by atoms with Gasteiger partial charge in [-0.2, -0.15) is 5.06 Å². The summed E-state index contributed by atoms with van der Waals surface area (Å²) in [4.78, 5) is 20.2. The summed E-state index contributed by atoms with van der Waals surface area (Å²) in [5.74, 6) is 0. The summed E-state index contributed by atoms with van der Waals surface area (Å²) in [6.45, 7) is 2.68. The van der Waals surface area contributed by atoms with E-state index >= 15 is 0 Å². The molecule has 1 N–H and O–H groups in total. The lowest BCUT2D eigenvalue weighted by Gasteiger charge is -2.44. The second-order valence-corrected chi connectivity index (χ2v) is 6.38. The van der Waals surface area contributed by atoms with E-state index in [0.717, 1.165) is 18.4 Å². The van der Waals surface area contributed by atoms with Crippen molar-refractivity contribution < 1.29 is 14.8 Å². The van der Waals surface area contributed by atoms with Crippen LogP contribution in [0.25, 0.3) is 0 Å². The predicted octanol–water partition coefficient (Wildman–Crippen LogP) is 3.19. The number of carbonyl (C=O) groups is 1. The molecule has 3 rings (SSSR count). The molecule has 6 nitrogen and oxygen atoms in total. The van der Waals surface area contributed by atoms with Crippen molar-refractivity contribution in [1.82, 2.24) is 9.96 Å². The van der Waals surface area contributed by atoms with Crippen LogP contribution in [0.15, 0.2) is 35.5 Å². The lowest BCUT2D eigenvalue weighted by atomic mass is 10.0. The first-order chi connectivity index (χ1) is 11.1. The van der Waals surface area contributed by atoms with Crippen LogP contribution in [0.5, 0.6) is 0 Å². The molecule has 2 aliphatic rings. The van der Waals surface area contributed by atoms with Gasteiger partial charge in [0.2, 0.25) is 0 Å². The molecule has 1 atom stereocenters. The molecule has 23 heavy (non-hydrogen) atoms. The number of carbonyl (C=O) groups excluding carboxylic acids is 1. The molecule has 0 radical (unpaired) electrons. The summed E-state index contributed by atoms with van der Waals surface area (Å²) >= 11 is 6.01. The SMILES string of the molecule is CCN1C(=O)N(OCc2ccccc2)C2(CC2)C[C@H]1/C(Cl)=N/O. The second-order valence-electron chi connectivity index (χ2n) is 5.99. The minimum absolute atomic E-state index is 0.0502. The molecule has 1 aromatic rings. The van der Waals surface area contributed by atoms with E-state index in [1.54, 1.807) is 4.90 Å². The zero-order chi connectivity index (χ0) is 16.4. The molecule has 1 aliphatic carbocycles. The monoisotopic (exact) mass is 337 g/mol. The molecule has 1 aromatic carbocycles. The Kier molecular flexibility index (Phi) is 4.46. The van der Waals surface area contributed by atoms with Gasteiger partial charge in [0.25, 0.3) is 0 Å². The van der Waals surface area contributed by atoms with Crippen molar-refractivity contribution in [3.05, 3.63) is 35.9 Å². The topological polar surface area (TPSA) is 65.4 Å². The molecule has 7 heteroatoms. The number of rotatable bonds is 5. The van der Waals surface area contributed by atoms with Crippen LogP contribution in [0, 0.1) is 0 Å². The Morgan fingerprint density at radius 1 is 1.43 bits per heavy atom. The molecule has 1 heterocycles. The fourth-order valence-corrected chi connectivity index (χ4v) is 3.29.